The summed E-state index contributed by atoms with van der Waals surface area (Å²) in [5.74, 6) is 0.183. The van der Waals surface area contributed by atoms with Gasteiger partial charge in [-0.3, -0.25) is 10.1 Å². The van der Waals surface area contributed by atoms with Crippen LogP contribution in [0.25, 0.3) is 6.08 Å². The highest BCUT2D eigenvalue weighted by Crippen LogP contribution is 2.23. The molecule has 0 amide bonds. The topological polar surface area (TPSA) is 70.0 Å². The first-order valence-electron chi connectivity index (χ1n) is 5.93. The maximum atomic E-state index is 11.7. The molecular formula is C13H16Cl2N2O2S. The minimum absolute atomic E-state index is 0.0289. The molecule has 0 radical (unpaired) electrons. The zero-order chi connectivity index (χ0) is 15.3. The fourth-order valence-electron chi connectivity index (χ4n) is 1.44. The summed E-state index contributed by atoms with van der Waals surface area (Å²) in [4.78, 5) is 0. The van der Waals surface area contributed by atoms with Crippen molar-refractivity contribution in [1.29, 1.82) is 5.41 Å². The monoisotopic (exact) mass is 334 g/mol. The molecule has 0 aromatic heterocycles. The van der Waals surface area contributed by atoms with Crippen LogP contribution in [0.5, 0.6) is 0 Å². The predicted molar refractivity (Wildman–Crippen MR) is 84.7 cm³/mol. The molecule has 0 unspecified atom stereocenters. The number of nitrogens with one attached hydrogen (secondary N) is 2. The summed E-state index contributed by atoms with van der Waals surface area (Å²) in [7, 11) is -3.68. The van der Waals surface area contributed by atoms with Gasteiger partial charge >= 0.3 is 0 Å². The minimum atomic E-state index is -3.68. The summed E-state index contributed by atoms with van der Waals surface area (Å²) in [5, 5.41) is 9.32. The quantitative estimate of drug-likeness (QED) is 0.633. The molecule has 0 heterocycles. The lowest BCUT2D eigenvalue weighted by atomic mass is 10.1. The molecule has 0 aliphatic rings. The Kier molecular flexibility index (Phi) is 6.05. The first-order valence-corrected chi connectivity index (χ1v) is 8.23. The van der Waals surface area contributed by atoms with Crippen LogP contribution < -0.4 is 4.72 Å². The SMILES string of the molecule is CC(C)CC(=N)NS(=O)(=O)C=Cc1ccc(Cl)c(Cl)c1. The molecule has 0 aliphatic heterocycles. The number of amidine groups is 1. The van der Waals surface area contributed by atoms with Gasteiger partial charge in [-0.1, -0.05) is 43.1 Å². The number of benzene rings is 1. The zero-order valence-electron chi connectivity index (χ0n) is 11.2. The standard InChI is InChI=1S/C13H16Cl2N2O2S/c1-9(2)7-13(16)17-20(18,19)6-5-10-3-4-11(14)12(15)8-10/h3-6,8-9H,7H2,1-2H3,(H2,16,17). The van der Waals surface area contributed by atoms with E-state index in [-0.39, 0.29) is 11.8 Å². The van der Waals surface area contributed by atoms with Gasteiger partial charge in [-0.25, -0.2) is 8.42 Å². The lowest BCUT2D eigenvalue weighted by molar-refractivity contribution is 0.599. The van der Waals surface area contributed by atoms with Crippen LogP contribution in [0.2, 0.25) is 10.0 Å². The molecule has 0 atom stereocenters. The smallest absolute Gasteiger partial charge is 0.255 e. The van der Waals surface area contributed by atoms with Crippen molar-refractivity contribution in [2.75, 3.05) is 0 Å². The van der Waals surface area contributed by atoms with E-state index in [1.807, 2.05) is 13.8 Å². The Labute approximate surface area is 129 Å². The minimum Gasteiger partial charge on any atom is -0.288 e. The highest BCUT2D eigenvalue weighted by molar-refractivity contribution is 7.93. The fourth-order valence-corrected chi connectivity index (χ4v) is 2.58. The molecule has 0 fully saturated rings. The molecular weight excluding hydrogens is 319 g/mol. The number of rotatable bonds is 5. The van der Waals surface area contributed by atoms with Crippen molar-refractivity contribution in [3.63, 3.8) is 0 Å². The molecule has 0 saturated heterocycles. The van der Waals surface area contributed by atoms with Crippen LogP contribution in [-0.2, 0) is 10.0 Å². The predicted octanol–water partition coefficient (Wildman–Crippen LogP) is 3.91. The molecule has 1 aromatic rings. The summed E-state index contributed by atoms with van der Waals surface area (Å²) < 4.78 is 25.7. The first kappa shape index (κ1) is 17.0. The van der Waals surface area contributed by atoms with E-state index in [0.717, 1.165) is 5.41 Å². The zero-order valence-corrected chi connectivity index (χ0v) is 13.5. The van der Waals surface area contributed by atoms with Crippen molar-refractivity contribution in [3.8, 4) is 0 Å². The van der Waals surface area contributed by atoms with E-state index in [2.05, 4.69) is 4.72 Å². The van der Waals surface area contributed by atoms with Crippen LogP contribution >= 0.6 is 23.2 Å². The Morgan fingerprint density at radius 2 is 2.00 bits per heavy atom. The van der Waals surface area contributed by atoms with Gasteiger partial charge < -0.3 is 0 Å². The van der Waals surface area contributed by atoms with Crippen molar-refractivity contribution in [2.24, 2.45) is 5.92 Å². The normalized spacial score (nSPS) is 12.1. The first-order chi connectivity index (χ1) is 9.19. The Morgan fingerprint density at radius 1 is 1.35 bits per heavy atom. The van der Waals surface area contributed by atoms with E-state index < -0.39 is 10.0 Å². The molecule has 0 bridgehead atoms. The summed E-state index contributed by atoms with van der Waals surface area (Å²) in [6.45, 7) is 3.82. The lowest BCUT2D eigenvalue weighted by Crippen LogP contribution is -2.29. The maximum absolute atomic E-state index is 11.7. The number of sulfonamides is 1. The second kappa shape index (κ2) is 7.11. The van der Waals surface area contributed by atoms with Gasteiger partial charge in [-0.15, -0.1) is 0 Å². The van der Waals surface area contributed by atoms with Crippen molar-refractivity contribution in [2.45, 2.75) is 20.3 Å². The molecule has 2 N–H and O–H groups in total. The summed E-state index contributed by atoms with van der Waals surface area (Å²) in [5.41, 5.74) is 0.611. The van der Waals surface area contributed by atoms with Crippen LogP contribution in [0, 0.1) is 11.3 Å². The van der Waals surface area contributed by atoms with Gasteiger partial charge in [0, 0.05) is 6.42 Å². The van der Waals surface area contributed by atoms with Gasteiger partial charge in [-0.2, -0.15) is 0 Å². The van der Waals surface area contributed by atoms with E-state index in [4.69, 9.17) is 28.6 Å². The van der Waals surface area contributed by atoms with E-state index in [9.17, 15) is 8.42 Å². The average Bonchev–Trinajstić information content (AvgIpc) is 2.29. The van der Waals surface area contributed by atoms with Crippen LogP contribution in [0.15, 0.2) is 23.6 Å². The highest BCUT2D eigenvalue weighted by atomic mass is 35.5. The van der Waals surface area contributed by atoms with Gasteiger partial charge in [0.2, 0.25) is 0 Å². The molecule has 7 heteroatoms. The fraction of sp³-hybridized carbons (Fsp3) is 0.308. The third-order valence-electron chi connectivity index (χ3n) is 2.26. The van der Waals surface area contributed by atoms with E-state index in [0.29, 0.717) is 22.0 Å². The second-order valence-corrected chi connectivity index (χ2v) is 7.08. The molecule has 1 aromatic carbocycles. The summed E-state index contributed by atoms with van der Waals surface area (Å²) in [6, 6.07) is 4.80. The van der Waals surface area contributed by atoms with Gasteiger partial charge in [0.15, 0.2) is 0 Å². The number of hydrogen-bond donors (Lipinski definition) is 2. The van der Waals surface area contributed by atoms with E-state index in [1.54, 1.807) is 18.2 Å². The van der Waals surface area contributed by atoms with E-state index in [1.165, 1.54) is 6.08 Å². The molecule has 0 spiro atoms. The Morgan fingerprint density at radius 3 is 2.55 bits per heavy atom. The number of hydrogen-bond acceptors (Lipinski definition) is 3. The van der Waals surface area contributed by atoms with Crippen LogP contribution in [0.3, 0.4) is 0 Å². The molecule has 20 heavy (non-hydrogen) atoms. The molecule has 0 saturated carbocycles. The Balaban J connectivity index is 2.77. The third-order valence-corrected chi connectivity index (χ3v) is 4.03. The maximum Gasteiger partial charge on any atom is 0.255 e. The lowest BCUT2D eigenvalue weighted by Gasteiger charge is -2.08. The molecule has 110 valence electrons. The van der Waals surface area contributed by atoms with Crippen molar-refractivity contribution in [1.82, 2.24) is 4.72 Å². The van der Waals surface area contributed by atoms with Gasteiger partial charge in [0.1, 0.15) is 5.84 Å². The Hall–Kier alpha value is -1.04. The van der Waals surface area contributed by atoms with Crippen molar-refractivity contribution < 1.29 is 8.42 Å². The van der Waals surface area contributed by atoms with E-state index >= 15 is 0 Å². The summed E-state index contributed by atoms with van der Waals surface area (Å²) in [6.07, 6.45) is 1.77. The van der Waals surface area contributed by atoms with Crippen LogP contribution in [0.1, 0.15) is 25.8 Å². The van der Waals surface area contributed by atoms with Crippen LogP contribution in [-0.4, -0.2) is 14.3 Å². The Bertz CT molecular complexity index is 625. The van der Waals surface area contributed by atoms with Gasteiger partial charge in [-0.05, 0) is 29.7 Å². The number of halogens is 2. The van der Waals surface area contributed by atoms with Crippen LogP contribution in [0.4, 0.5) is 0 Å². The van der Waals surface area contributed by atoms with Gasteiger partial charge in [0.05, 0.1) is 15.5 Å². The average molecular weight is 335 g/mol. The van der Waals surface area contributed by atoms with Gasteiger partial charge in [0.25, 0.3) is 10.0 Å². The third kappa shape index (κ3) is 5.94. The highest BCUT2D eigenvalue weighted by Gasteiger charge is 2.09. The largest absolute Gasteiger partial charge is 0.288 e. The molecule has 4 nitrogen and oxygen atoms in total. The van der Waals surface area contributed by atoms with Crippen molar-refractivity contribution in [3.05, 3.63) is 39.2 Å². The molecule has 1 rings (SSSR count). The molecule has 0 aliphatic carbocycles. The van der Waals surface area contributed by atoms with Crippen molar-refractivity contribution >= 4 is 45.1 Å². The second-order valence-electron chi connectivity index (χ2n) is 4.70. The summed E-state index contributed by atoms with van der Waals surface area (Å²) >= 11 is 11.6.